The summed E-state index contributed by atoms with van der Waals surface area (Å²) in [6.07, 6.45) is 0.817. The van der Waals surface area contributed by atoms with Gasteiger partial charge in [0.05, 0.1) is 20.8 Å². The van der Waals surface area contributed by atoms with Gasteiger partial charge in [-0.15, -0.1) is 24.0 Å². The second kappa shape index (κ2) is 14.3. The molecule has 3 N–H and O–H groups in total. The van der Waals surface area contributed by atoms with E-state index in [4.69, 9.17) is 15.2 Å². The molecule has 1 heterocycles. The Labute approximate surface area is 215 Å². The number of rotatable bonds is 10. The fourth-order valence-corrected chi connectivity index (χ4v) is 3.88. The van der Waals surface area contributed by atoms with Crippen LogP contribution < -0.4 is 20.5 Å². The van der Waals surface area contributed by atoms with E-state index in [1.807, 2.05) is 18.2 Å². The molecule has 7 nitrogen and oxygen atoms in total. The van der Waals surface area contributed by atoms with E-state index in [2.05, 4.69) is 51.3 Å². The summed E-state index contributed by atoms with van der Waals surface area (Å²) in [6, 6.07) is 14.6. The minimum Gasteiger partial charge on any atom is -0.493 e. The van der Waals surface area contributed by atoms with Crippen LogP contribution in [0.4, 0.5) is 0 Å². The molecule has 8 heteroatoms. The second-order valence-electron chi connectivity index (χ2n) is 8.09. The summed E-state index contributed by atoms with van der Waals surface area (Å²) in [4.78, 5) is 9.50. The van der Waals surface area contributed by atoms with Crippen LogP contribution in [0.1, 0.15) is 23.6 Å². The average Bonchev–Trinajstić information content (AvgIpc) is 2.84. The number of nitrogens with zero attached hydrogens (tertiary/aromatic N) is 3. The number of aliphatic imine (C=N–C) groups is 1. The first kappa shape index (κ1) is 27.2. The third-order valence-electron chi connectivity index (χ3n) is 5.94. The maximum absolute atomic E-state index is 6.05. The summed E-state index contributed by atoms with van der Waals surface area (Å²) in [5.41, 5.74) is 9.71. The number of likely N-dealkylation sites (N-methyl/N-ethyl adjacent to an activating group) is 1. The monoisotopic (exact) mass is 567 g/mol. The molecule has 0 bridgehead atoms. The quantitative estimate of drug-likeness (QED) is 0.261. The van der Waals surface area contributed by atoms with E-state index in [0.29, 0.717) is 19.0 Å². The van der Waals surface area contributed by atoms with E-state index in [-0.39, 0.29) is 24.0 Å². The summed E-state index contributed by atoms with van der Waals surface area (Å²) in [6.45, 7) is 10.3. The SMILES string of the molecule is CCN1CCN(Cc2ccc(CN=C(N)NCCc3ccc(OC)c(OC)c3)cc2)CC1.I. The highest BCUT2D eigenvalue weighted by molar-refractivity contribution is 14.0. The van der Waals surface area contributed by atoms with Gasteiger partial charge in [-0.25, -0.2) is 4.99 Å². The zero-order valence-electron chi connectivity index (χ0n) is 20.0. The molecule has 0 radical (unpaired) electrons. The van der Waals surface area contributed by atoms with E-state index < -0.39 is 0 Å². The molecule has 0 unspecified atom stereocenters. The largest absolute Gasteiger partial charge is 0.493 e. The smallest absolute Gasteiger partial charge is 0.188 e. The molecule has 1 saturated heterocycles. The van der Waals surface area contributed by atoms with E-state index in [0.717, 1.165) is 55.2 Å². The predicted octanol–water partition coefficient (Wildman–Crippen LogP) is 3.11. The number of piperazine rings is 1. The van der Waals surface area contributed by atoms with E-state index in [1.54, 1.807) is 14.2 Å². The highest BCUT2D eigenvalue weighted by Crippen LogP contribution is 2.27. The van der Waals surface area contributed by atoms with Crippen molar-refractivity contribution in [3.05, 3.63) is 59.2 Å². The van der Waals surface area contributed by atoms with Crippen molar-refractivity contribution >= 4 is 29.9 Å². The summed E-state index contributed by atoms with van der Waals surface area (Å²) in [5, 5.41) is 3.19. The van der Waals surface area contributed by atoms with Crippen LogP contribution in [-0.2, 0) is 19.5 Å². The number of guanidine groups is 1. The molecule has 0 amide bonds. The van der Waals surface area contributed by atoms with Gasteiger partial charge in [0.2, 0.25) is 0 Å². The van der Waals surface area contributed by atoms with Crippen LogP contribution in [-0.4, -0.2) is 69.2 Å². The molecule has 0 saturated carbocycles. The van der Waals surface area contributed by atoms with Crippen molar-refractivity contribution in [2.75, 3.05) is 53.5 Å². The standard InChI is InChI=1S/C25H37N5O2.HI/c1-4-29-13-15-30(16-14-29)19-22-7-5-21(6-8-22)18-28-25(26)27-12-11-20-9-10-23(31-2)24(17-20)32-3;/h5-10,17H,4,11-16,18-19H2,1-3H3,(H3,26,27,28);1H. The van der Waals surface area contributed by atoms with Crippen LogP contribution in [0, 0.1) is 0 Å². The first-order valence-electron chi connectivity index (χ1n) is 11.4. The highest BCUT2D eigenvalue weighted by Gasteiger charge is 2.15. The lowest BCUT2D eigenvalue weighted by molar-refractivity contribution is 0.132. The molecule has 182 valence electrons. The van der Waals surface area contributed by atoms with E-state index in [1.165, 1.54) is 18.7 Å². The lowest BCUT2D eigenvalue weighted by Crippen LogP contribution is -2.45. The fraction of sp³-hybridized carbons (Fsp3) is 0.480. The number of nitrogens with one attached hydrogen (secondary N) is 1. The van der Waals surface area contributed by atoms with Crippen molar-refractivity contribution in [1.82, 2.24) is 15.1 Å². The van der Waals surface area contributed by atoms with Crippen molar-refractivity contribution in [2.45, 2.75) is 26.4 Å². The minimum absolute atomic E-state index is 0. The van der Waals surface area contributed by atoms with Crippen molar-refractivity contribution in [3.63, 3.8) is 0 Å². The predicted molar refractivity (Wildman–Crippen MR) is 146 cm³/mol. The average molecular weight is 568 g/mol. The molecule has 33 heavy (non-hydrogen) atoms. The summed E-state index contributed by atoms with van der Waals surface area (Å²) in [5.74, 6) is 1.93. The van der Waals surface area contributed by atoms with Crippen molar-refractivity contribution in [2.24, 2.45) is 10.7 Å². The number of methoxy groups -OCH3 is 2. The van der Waals surface area contributed by atoms with Crippen LogP contribution in [0.25, 0.3) is 0 Å². The normalized spacial score (nSPS) is 15.1. The molecule has 2 aromatic rings. The Morgan fingerprint density at radius 3 is 2.15 bits per heavy atom. The number of nitrogens with two attached hydrogens (primary N) is 1. The Morgan fingerprint density at radius 1 is 0.909 bits per heavy atom. The molecule has 1 fully saturated rings. The van der Waals surface area contributed by atoms with Crippen LogP contribution in [0.3, 0.4) is 0 Å². The van der Waals surface area contributed by atoms with Gasteiger partial charge in [-0.2, -0.15) is 0 Å². The van der Waals surface area contributed by atoms with Gasteiger partial charge in [-0.3, -0.25) is 4.90 Å². The van der Waals surface area contributed by atoms with Gasteiger partial charge in [0.25, 0.3) is 0 Å². The molecular formula is C25H38IN5O2. The summed E-state index contributed by atoms with van der Waals surface area (Å²) >= 11 is 0. The Morgan fingerprint density at radius 2 is 1.52 bits per heavy atom. The highest BCUT2D eigenvalue weighted by atomic mass is 127. The molecule has 1 aliphatic heterocycles. The zero-order valence-corrected chi connectivity index (χ0v) is 22.4. The zero-order chi connectivity index (χ0) is 22.8. The molecule has 2 aromatic carbocycles. The van der Waals surface area contributed by atoms with Gasteiger partial charge in [0, 0.05) is 39.3 Å². The molecule has 3 rings (SSSR count). The van der Waals surface area contributed by atoms with Crippen LogP contribution in [0.5, 0.6) is 11.5 Å². The van der Waals surface area contributed by atoms with Crippen LogP contribution in [0.15, 0.2) is 47.5 Å². The molecule has 0 spiro atoms. The van der Waals surface area contributed by atoms with Gasteiger partial charge >= 0.3 is 0 Å². The van der Waals surface area contributed by atoms with Gasteiger partial charge in [-0.05, 0) is 41.8 Å². The summed E-state index contributed by atoms with van der Waals surface area (Å²) < 4.78 is 10.6. The Kier molecular flexibility index (Phi) is 11.8. The van der Waals surface area contributed by atoms with E-state index >= 15 is 0 Å². The number of hydrogen-bond donors (Lipinski definition) is 2. The first-order chi connectivity index (χ1) is 15.6. The number of ether oxygens (including phenoxy) is 2. The third-order valence-corrected chi connectivity index (χ3v) is 5.94. The second-order valence-corrected chi connectivity index (χ2v) is 8.09. The van der Waals surface area contributed by atoms with Crippen molar-refractivity contribution in [3.8, 4) is 11.5 Å². The lowest BCUT2D eigenvalue weighted by atomic mass is 10.1. The van der Waals surface area contributed by atoms with Gasteiger partial charge in [0.1, 0.15) is 0 Å². The van der Waals surface area contributed by atoms with Crippen molar-refractivity contribution in [1.29, 1.82) is 0 Å². The Bertz CT molecular complexity index is 868. The topological polar surface area (TPSA) is 75.4 Å². The fourth-order valence-electron chi connectivity index (χ4n) is 3.88. The summed E-state index contributed by atoms with van der Waals surface area (Å²) in [7, 11) is 3.28. The van der Waals surface area contributed by atoms with Crippen LogP contribution >= 0.6 is 24.0 Å². The first-order valence-corrected chi connectivity index (χ1v) is 11.4. The van der Waals surface area contributed by atoms with Crippen molar-refractivity contribution < 1.29 is 9.47 Å². The molecular weight excluding hydrogens is 529 g/mol. The number of benzene rings is 2. The van der Waals surface area contributed by atoms with Gasteiger partial charge in [-0.1, -0.05) is 37.3 Å². The Balaban J connectivity index is 0.00000385. The maximum atomic E-state index is 6.05. The lowest BCUT2D eigenvalue weighted by Gasteiger charge is -2.34. The molecule has 0 aliphatic carbocycles. The maximum Gasteiger partial charge on any atom is 0.188 e. The number of hydrogen-bond acceptors (Lipinski definition) is 5. The Hall–Kier alpha value is -2.04. The third kappa shape index (κ3) is 8.68. The molecule has 0 atom stereocenters. The number of halogens is 1. The van der Waals surface area contributed by atoms with Gasteiger partial charge in [0.15, 0.2) is 17.5 Å². The van der Waals surface area contributed by atoms with E-state index in [9.17, 15) is 0 Å². The molecule has 0 aromatic heterocycles. The van der Waals surface area contributed by atoms with Gasteiger partial charge < -0.3 is 25.4 Å². The molecule has 1 aliphatic rings. The van der Waals surface area contributed by atoms with Crippen LogP contribution in [0.2, 0.25) is 0 Å². The minimum atomic E-state index is 0.